The first-order valence-corrected chi connectivity index (χ1v) is 5.65. The van der Waals surface area contributed by atoms with E-state index in [-0.39, 0.29) is 24.2 Å². The molecule has 3 nitrogen and oxygen atoms in total. The molecule has 1 fully saturated rings. The molecule has 1 N–H and O–H groups in total. The van der Waals surface area contributed by atoms with Gasteiger partial charge in [-0.05, 0) is 31.9 Å². The standard InChI is InChI=1S/C13H17NO2.ClH/c1-9(14-11-6-7-11)13(15)10-4-3-5-12(8-10)16-2;/h3-5,8-9,11,14H,6-7H2,1-2H3;1H. The van der Waals surface area contributed by atoms with Crippen LogP contribution in [0.25, 0.3) is 0 Å². The summed E-state index contributed by atoms with van der Waals surface area (Å²) in [6, 6.07) is 7.74. The van der Waals surface area contributed by atoms with Crippen LogP contribution in [0.15, 0.2) is 24.3 Å². The summed E-state index contributed by atoms with van der Waals surface area (Å²) >= 11 is 0. The van der Waals surface area contributed by atoms with Crippen molar-refractivity contribution in [3.05, 3.63) is 29.8 Å². The summed E-state index contributed by atoms with van der Waals surface area (Å²) in [4.78, 5) is 12.1. The second kappa shape index (κ2) is 6.03. The predicted octanol–water partition coefficient (Wildman–Crippen LogP) is 2.44. The maximum atomic E-state index is 12.1. The third kappa shape index (κ3) is 3.72. The average Bonchev–Trinajstić information content (AvgIpc) is 3.12. The summed E-state index contributed by atoms with van der Waals surface area (Å²) in [5.74, 6) is 0.857. The molecule has 1 aromatic rings. The molecule has 0 bridgehead atoms. The van der Waals surface area contributed by atoms with Crippen molar-refractivity contribution >= 4 is 18.2 Å². The minimum absolute atomic E-state index is 0. The number of rotatable bonds is 5. The minimum Gasteiger partial charge on any atom is -0.497 e. The molecule has 17 heavy (non-hydrogen) atoms. The average molecular weight is 256 g/mol. The van der Waals surface area contributed by atoms with E-state index < -0.39 is 0 Å². The lowest BCUT2D eigenvalue weighted by molar-refractivity contribution is 0.0949. The van der Waals surface area contributed by atoms with E-state index in [1.807, 2.05) is 25.1 Å². The first-order valence-electron chi connectivity index (χ1n) is 5.65. The van der Waals surface area contributed by atoms with Gasteiger partial charge >= 0.3 is 0 Å². The Hall–Kier alpha value is -1.06. The van der Waals surface area contributed by atoms with Crippen LogP contribution in [0.1, 0.15) is 30.1 Å². The smallest absolute Gasteiger partial charge is 0.179 e. The monoisotopic (exact) mass is 255 g/mol. The number of ether oxygens (including phenoxy) is 1. The Balaban J connectivity index is 0.00000144. The fourth-order valence-electron chi connectivity index (χ4n) is 1.71. The highest BCUT2D eigenvalue weighted by atomic mass is 35.5. The fraction of sp³-hybridized carbons (Fsp3) is 0.462. The van der Waals surface area contributed by atoms with Crippen LogP contribution in [0.2, 0.25) is 0 Å². The molecule has 1 aliphatic rings. The van der Waals surface area contributed by atoms with E-state index in [2.05, 4.69) is 5.32 Å². The van der Waals surface area contributed by atoms with Crippen molar-refractivity contribution in [1.82, 2.24) is 5.32 Å². The molecule has 2 rings (SSSR count). The second-order valence-electron chi connectivity index (χ2n) is 4.26. The van der Waals surface area contributed by atoms with Crippen molar-refractivity contribution in [3.8, 4) is 5.75 Å². The lowest BCUT2D eigenvalue weighted by Gasteiger charge is -2.12. The molecular formula is C13H18ClNO2. The molecule has 1 aliphatic carbocycles. The van der Waals surface area contributed by atoms with Crippen molar-refractivity contribution in [1.29, 1.82) is 0 Å². The molecule has 94 valence electrons. The zero-order chi connectivity index (χ0) is 11.5. The minimum atomic E-state index is -0.111. The molecule has 0 radical (unpaired) electrons. The molecule has 0 saturated heterocycles. The van der Waals surface area contributed by atoms with Crippen LogP contribution in [0, 0.1) is 0 Å². The van der Waals surface area contributed by atoms with Gasteiger partial charge < -0.3 is 10.1 Å². The topological polar surface area (TPSA) is 38.3 Å². The number of methoxy groups -OCH3 is 1. The van der Waals surface area contributed by atoms with Crippen LogP contribution in [0.3, 0.4) is 0 Å². The van der Waals surface area contributed by atoms with Gasteiger partial charge in [0.1, 0.15) is 5.75 Å². The Morgan fingerprint density at radius 3 is 2.76 bits per heavy atom. The summed E-state index contributed by atoms with van der Waals surface area (Å²) in [7, 11) is 1.61. The van der Waals surface area contributed by atoms with Gasteiger partial charge in [-0.15, -0.1) is 12.4 Å². The normalized spacial score (nSPS) is 15.9. The molecule has 0 spiro atoms. The summed E-state index contributed by atoms with van der Waals surface area (Å²) in [6.07, 6.45) is 2.38. The van der Waals surface area contributed by atoms with E-state index in [4.69, 9.17) is 4.74 Å². The highest BCUT2D eigenvalue weighted by Crippen LogP contribution is 2.20. The number of halogens is 1. The highest BCUT2D eigenvalue weighted by molar-refractivity contribution is 6.00. The molecular weight excluding hydrogens is 238 g/mol. The maximum absolute atomic E-state index is 12.1. The van der Waals surface area contributed by atoms with E-state index in [0.29, 0.717) is 11.6 Å². The third-order valence-corrected chi connectivity index (χ3v) is 2.81. The van der Waals surface area contributed by atoms with Gasteiger partial charge in [-0.1, -0.05) is 12.1 Å². The second-order valence-corrected chi connectivity index (χ2v) is 4.26. The zero-order valence-corrected chi connectivity index (χ0v) is 10.9. The summed E-state index contributed by atoms with van der Waals surface area (Å²) in [5, 5.41) is 3.30. The molecule has 4 heteroatoms. The van der Waals surface area contributed by atoms with Crippen LogP contribution in [0.4, 0.5) is 0 Å². The number of carbonyl (C=O) groups excluding carboxylic acids is 1. The maximum Gasteiger partial charge on any atom is 0.179 e. The van der Waals surface area contributed by atoms with Crippen LogP contribution in [-0.2, 0) is 0 Å². The summed E-state index contributed by atoms with van der Waals surface area (Å²) in [6.45, 7) is 1.92. The number of carbonyl (C=O) groups is 1. The quantitative estimate of drug-likeness (QED) is 0.822. The Labute approximate surface area is 108 Å². The van der Waals surface area contributed by atoms with Crippen molar-refractivity contribution < 1.29 is 9.53 Å². The van der Waals surface area contributed by atoms with Crippen LogP contribution >= 0.6 is 12.4 Å². The van der Waals surface area contributed by atoms with E-state index >= 15 is 0 Å². The van der Waals surface area contributed by atoms with Gasteiger partial charge in [-0.3, -0.25) is 4.79 Å². The summed E-state index contributed by atoms with van der Waals surface area (Å²) in [5.41, 5.74) is 0.708. The Kier molecular flexibility index (Phi) is 4.97. The van der Waals surface area contributed by atoms with Gasteiger partial charge in [-0.2, -0.15) is 0 Å². The lowest BCUT2D eigenvalue weighted by Crippen LogP contribution is -2.35. The Bertz CT molecular complexity index is 391. The number of hydrogen-bond donors (Lipinski definition) is 1. The number of benzene rings is 1. The number of nitrogens with one attached hydrogen (secondary N) is 1. The molecule has 0 aromatic heterocycles. The van der Waals surface area contributed by atoms with Crippen molar-refractivity contribution in [2.24, 2.45) is 0 Å². The first-order chi connectivity index (χ1) is 7.70. The summed E-state index contributed by atoms with van der Waals surface area (Å²) < 4.78 is 5.11. The van der Waals surface area contributed by atoms with Crippen molar-refractivity contribution in [2.45, 2.75) is 31.8 Å². The van der Waals surface area contributed by atoms with E-state index in [9.17, 15) is 4.79 Å². The highest BCUT2D eigenvalue weighted by Gasteiger charge is 2.26. The molecule has 0 amide bonds. The predicted molar refractivity (Wildman–Crippen MR) is 70.2 cm³/mol. The zero-order valence-electron chi connectivity index (χ0n) is 10.1. The van der Waals surface area contributed by atoms with E-state index in [1.54, 1.807) is 13.2 Å². The fourth-order valence-corrected chi connectivity index (χ4v) is 1.71. The largest absolute Gasteiger partial charge is 0.497 e. The van der Waals surface area contributed by atoms with Crippen molar-refractivity contribution in [2.75, 3.05) is 7.11 Å². The van der Waals surface area contributed by atoms with Crippen LogP contribution < -0.4 is 10.1 Å². The van der Waals surface area contributed by atoms with Crippen molar-refractivity contribution in [3.63, 3.8) is 0 Å². The number of hydrogen-bond acceptors (Lipinski definition) is 3. The van der Waals surface area contributed by atoms with Gasteiger partial charge in [0.2, 0.25) is 0 Å². The van der Waals surface area contributed by atoms with Gasteiger partial charge in [0.25, 0.3) is 0 Å². The molecule has 1 atom stereocenters. The SMILES string of the molecule is COc1cccc(C(=O)C(C)NC2CC2)c1.Cl. The third-order valence-electron chi connectivity index (χ3n) is 2.81. The van der Waals surface area contributed by atoms with Crippen LogP contribution in [0.5, 0.6) is 5.75 Å². The molecule has 1 aromatic carbocycles. The van der Waals surface area contributed by atoms with Gasteiger partial charge in [0.15, 0.2) is 5.78 Å². The van der Waals surface area contributed by atoms with Gasteiger partial charge in [-0.25, -0.2) is 0 Å². The number of Topliss-reactive ketones (excluding diaryl/α,β-unsaturated/α-hetero) is 1. The van der Waals surface area contributed by atoms with Gasteiger partial charge in [0, 0.05) is 11.6 Å². The molecule has 0 heterocycles. The Morgan fingerprint density at radius 2 is 2.18 bits per heavy atom. The Morgan fingerprint density at radius 1 is 1.47 bits per heavy atom. The van der Waals surface area contributed by atoms with E-state index in [1.165, 1.54) is 12.8 Å². The first kappa shape index (κ1) is 14.0. The van der Waals surface area contributed by atoms with E-state index in [0.717, 1.165) is 5.75 Å². The molecule has 1 unspecified atom stereocenters. The van der Waals surface area contributed by atoms with Crippen LogP contribution in [-0.4, -0.2) is 25.0 Å². The lowest BCUT2D eigenvalue weighted by atomic mass is 10.1. The van der Waals surface area contributed by atoms with Gasteiger partial charge in [0.05, 0.1) is 13.2 Å². The number of ketones is 1. The molecule has 1 saturated carbocycles. The molecule has 0 aliphatic heterocycles.